The Balaban J connectivity index is 2.42. The van der Waals surface area contributed by atoms with Crippen LogP contribution in [0.25, 0.3) is 0 Å². The monoisotopic (exact) mass is 303 g/mol. The summed E-state index contributed by atoms with van der Waals surface area (Å²) < 4.78 is 16.5. The van der Waals surface area contributed by atoms with E-state index in [0.717, 1.165) is 12.8 Å². The summed E-state index contributed by atoms with van der Waals surface area (Å²) >= 11 is 0. The van der Waals surface area contributed by atoms with Crippen molar-refractivity contribution in [1.29, 1.82) is 0 Å². The summed E-state index contributed by atoms with van der Waals surface area (Å²) in [5.74, 6) is 0. The molecule has 1 heterocycles. The second kappa shape index (κ2) is 7.96. The van der Waals surface area contributed by atoms with Gasteiger partial charge in [0.25, 0.3) is 0 Å². The first-order chi connectivity index (χ1) is 9.82. The minimum Gasteiger partial charge on any atom is -0.444 e. The number of carbonyl (C=O) groups is 1. The zero-order chi connectivity index (χ0) is 15.9. The summed E-state index contributed by atoms with van der Waals surface area (Å²) in [5.41, 5.74) is -0.785. The molecule has 0 radical (unpaired) electrons. The van der Waals surface area contributed by atoms with Crippen molar-refractivity contribution in [2.45, 2.75) is 51.7 Å². The van der Waals surface area contributed by atoms with Crippen molar-refractivity contribution in [2.75, 3.05) is 39.5 Å². The first-order valence-corrected chi connectivity index (χ1v) is 7.62. The van der Waals surface area contributed by atoms with Gasteiger partial charge in [0.05, 0.1) is 38.6 Å². The number of nitrogens with zero attached hydrogens (tertiary/aromatic N) is 1. The standard InChI is InChI=1S/C15H29NO5/c1-5-15(20-11-10-19-9-8-17)6-7-16(12-15)13(18)21-14(2,3)4/h17H,5-12H2,1-4H3. The lowest BCUT2D eigenvalue weighted by molar-refractivity contribution is -0.0661. The predicted molar refractivity (Wildman–Crippen MR) is 79.3 cm³/mol. The average molecular weight is 303 g/mol. The number of amides is 1. The third-order valence-corrected chi connectivity index (χ3v) is 3.48. The van der Waals surface area contributed by atoms with Crippen molar-refractivity contribution in [3.8, 4) is 0 Å². The molecule has 0 aromatic rings. The van der Waals surface area contributed by atoms with Gasteiger partial charge in [-0.3, -0.25) is 0 Å². The highest BCUT2D eigenvalue weighted by Crippen LogP contribution is 2.29. The number of aliphatic hydroxyl groups is 1. The predicted octanol–water partition coefficient (Wildman–Crippen LogP) is 1.80. The molecule has 0 aromatic carbocycles. The van der Waals surface area contributed by atoms with E-state index >= 15 is 0 Å². The molecule has 6 nitrogen and oxygen atoms in total. The number of ether oxygens (including phenoxy) is 3. The molecule has 1 N–H and O–H groups in total. The summed E-state index contributed by atoms with van der Waals surface area (Å²) in [5, 5.41) is 8.64. The van der Waals surface area contributed by atoms with Gasteiger partial charge in [-0.2, -0.15) is 0 Å². The van der Waals surface area contributed by atoms with Gasteiger partial charge in [0.1, 0.15) is 5.60 Å². The zero-order valence-corrected chi connectivity index (χ0v) is 13.7. The van der Waals surface area contributed by atoms with Crippen LogP contribution in [0, 0.1) is 0 Å². The second-order valence-electron chi connectivity index (χ2n) is 6.37. The molecule has 0 aromatic heterocycles. The van der Waals surface area contributed by atoms with Gasteiger partial charge in [0, 0.05) is 6.54 Å². The van der Waals surface area contributed by atoms with Crippen LogP contribution in [0.3, 0.4) is 0 Å². The van der Waals surface area contributed by atoms with Crippen LogP contribution in [0.5, 0.6) is 0 Å². The molecule has 1 aliphatic rings. The summed E-state index contributed by atoms with van der Waals surface area (Å²) in [6.07, 6.45) is 1.37. The molecule has 0 spiro atoms. The Labute approximate surface area is 127 Å². The SMILES string of the molecule is CCC1(OCCOCCO)CCN(C(=O)OC(C)(C)C)C1. The Hall–Kier alpha value is -0.850. The molecule has 1 amide bonds. The molecule has 1 unspecified atom stereocenters. The number of aliphatic hydroxyl groups excluding tert-OH is 1. The molecule has 6 heteroatoms. The van der Waals surface area contributed by atoms with Gasteiger partial charge in [0.2, 0.25) is 0 Å². The van der Waals surface area contributed by atoms with E-state index in [1.807, 2.05) is 20.8 Å². The molecular formula is C15H29NO5. The number of hydrogen-bond acceptors (Lipinski definition) is 5. The van der Waals surface area contributed by atoms with Crippen molar-refractivity contribution in [3.05, 3.63) is 0 Å². The van der Waals surface area contributed by atoms with E-state index in [9.17, 15) is 4.79 Å². The quantitative estimate of drug-likeness (QED) is 0.726. The van der Waals surface area contributed by atoms with Crippen molar-refractivity contribution >= 4 is 6.09 Å². The maximum absolute atomic E-state index is 12.1. The molecular weight excluding hydrogens is 274 g/mol. The van der Waals surface area contributed by atoms with E-state index in [0.29, 0.717) is 32.9 Å². The summed E-state index contributed by atoms with van der Waals surface area (Å²) in [6.45, 7) is 10.1. The Morgan fingerprint density at radius 2 is 2.00 bits per heavy atom. The largest absolute Gasteiger partial charge is 0.444 e. The molecule has 0 saturated carbocycles. The van der Waals surface area contributed by atoms with Crippen molar-refractivity contribution < 1.29 is 24.1 Å². The van der Waals surface area contributed by atoms with Crippen LogP contribution < -0.4 is 0 Å². The smallest absolute Gasteiger partial charge is 0.410 e. The minimum atomic E-state index is -0.479. The molecule has 0 aliphatic carbocycles. The van der Waals surface area contributed by atoms with E-state index in [4.69, 9.17) is 19.3 Å². The number of carbonyl (C=O) groups excluding carboxylic acids is 1. The van der Waals surface area contributed by atoms with Crippen LogP contribution in [-0.2, 0) is 14.2 Å². The first kappa shape index (κ1) is 18.2. The fourth-order valence-corrected chi connectivity index (χ4v) is 2.32. The van der Waals surface area contributed by atoms with Gasteiger partial charge >= 0.3 is 6.09 Å². The third-order valence-electron chi connectivity index (χ3n) is 3.48. The Kier molecular flexibility index (Phi) is 6.90. The van der Waals surface area contributed by atoms with E-state index in [1.165, 1.54) is 0 Å². The molecule has 1 rings (SSSR count). The van der Waals surface area contributed by atoms with Crippen molar-refractivity contribution in [3.63, 3.8) is 0 Å². The van der Waals surface area contributed by atoms with Crippen molar-refractivity contribution in [2.24, 2.45) is 0 Å². The molecule has 21 heavy (non-hydrogen) atoms. The van der Waals surface area contributed by atoms with E-state index in [2.05, 4.69) is 6.92 Å². The van der Waals surface area contributed by atoms with Gasteiger partial charge < -0.3 is 24.2 Å². The highest BCUT2D eigenvalue weighted by atomic mass is 16.6. The maximum atomic E-state index is 12.1. The molecule has 1 aliphatic heterocycles. The summed E-state index contributed by atoms with van der Waals surface area (Å²) in [6, 6.07) is 0. The lowest BCUT2D eigenvalue weighted by atomic mass is 10.00. The number of likely N-dealkylation sites (tertiary alicyclic amines) is 1. The maximum Gasteiger partial charge on any atom is 0.410 e. The van der Waals surface area contributed by atoms with Crippen LogP contribution in [0.1, 0.15) is 40.5 Å². The Bertz CT molecular complexity index is 329. The van der Waals surface area contributed by atoms with Crippen molar-refractivity contribution in [1.82, 2.24) is 4.90 Å². The van der Waals surface area contributed by atoms with E-state index in [-0.39, 0.29) is 18.3 Å². The molecule has 1 atom stereocenters. The Morgan fingerprint density at radius 3 is 2.57 bits per heavy atom. The normalized spacial score (nSPS) is 22.6. The van der Waals surface area contributed by atoms with Crippen LogP contribution in [0.2, 0.25) is 0 Å². The molecule has 124 valence electrons. The lowest BCUT2D eigenvalue weighted by Crippen LogP contribution is -2.40. The summed E-state index contributed by atoms with van der Waals surface area (Å²) in [4.78, 5) is 13.8. The topological polar surface area (TPSA) is 68.2 Å². The fourth-order valence-electron chi connectivity index (χ4n) is 2.32. The van der Waals surface area contributed by atoms with Gasteiger partial charge in [0.15, 0.2) is 0 Å². The highest BCUT2D eigenvalue weighted by Gasteiger charge is 2.40. The van der Waals surface area contributed by atoms with Crippen LogP contribution in [0.15, 0.2) is 0 Å². The van der Waals surface area contributed by atoms with Gasteiger partial charge in [-0.15, -0.1) is 0 Å². The fraction of sp³-hybridized carbons (Fsp3) is 0.933. The van der Waals surface area contributed by atoms with Crippen LogP contribution >= 0.6 is 0 Å². The first-order valence-electron chi connectivity index (χ1n) is 7.62. The summed E-state index contributed by atoms with van der Waals surface area (Å²) in [7, 11) is 0. The molecule has 1 fully saturated rings. The van der Waals surface area contributed by atoms with Crippen LogP contribution in [0.4, 0.5) is 4.79 Å². The number of hydrogen-bond donors (Lipinski definition) is 1. The van der Waals surface area contributed by atoms with Gasteiger partial charge in [-0.25, -0.2) is 4.79 Å². The minimum absolute atomic E-state index is 0.0192. The molecule has 1 saturated heterocycles. The average Bonchev–Trinajstić information content (AvgIpc) is 2.82. The highest BCUT2D eigenvalue weighted by molar-refractivity contribution is 5.68. The van der Waals surface area contributed by atoms with E-state index in [1.54, 1.807) is 4.90 Å². The lowest BCUT2D eigenvalue weighted by Gasteiger charge is -2.29. The number of rotatable bonds is 7. The third kappa shape index (κ3) is 6.20. The Morgan fingerprint density at radius 1 is 1.29 bits per heavy atom. The van der Waals surface area contributed by atoms with Gasteiger partial charge in [-0.1, -0.05) is 6.92 Å². The second-order valence-corrected chi connectivity index (χ2v) is 6.37. The van der Waals surface area contributed by atoms with Crippen LogP contribution in [-0.4, -0.2) is 66.8 Å². The zero-order valence-electron chi connectivity index (χ0n) is 13.7. The van der Waals surface area contributed by atoms with E-state index < -0.39 is 5.60 Å². The van der Waals surface area contributed by atoms with Gasteiger partial charge in [-0.05, 0) is 33.6 Å². The molecule has 0 bridgehead atoms.